The molecular formula is C11H20O. The first-order valence-corrected chi connectivity index (χ1v) is 5.12. The van der Waals surface area contributed by atoms with Crippen LogP contribution in [-0.4, -0.2) is 5.78 Å². The average molecular weight is 168 g/mol. The Morgan fingerprint density at radius 1 is 1.00 bits per heavy atom. The van der Waals surface area contributed by atoms with Crippen LogP contribution in [0.25, 0.3) is 0 Å². The Balaban J connectivity index is 2.46. The highest BCUT2D eigenvalue weighted by molar-refractivity contribution is 5.78. The normalized spacial score (nSPS) is 25.7. The third-order valence-electron chi connectivity index (χ3n) is 2.89. The smallest absolute Gasteiger partial charge is 0.132 e. The van der Waals surface area contributed by atoms with Crippen LogP contribution in [0.1, 0.15) is 58.8 Å². The molecule has 0 heterocycles. The lowest BCUT2D eigenvalue weighted by atomic mass is 9.83. The molecule has 0 aromatic heterocycles. The van der Waals surface area contributed by atoms with Crippen molar-refractivity contribution in [1.29, 1.82) is 0 Å². The van der Waals surface area contributed by atoms with E-state index in [9.17, 15) is 4.79 Å². The van der Waals surface area contributed by atoms with E-state index >= 15 is 0 Å². The summed E-state index contributed by atoms with van der Waals surface area (Å²) in [6, 6.07) is 0. The number of ketones is 1. The maximum absolute atomic E-state index is 11.3. The van der Waals surface area contributed by atoms with E-state index in [4.69, 9.17) is 0 Å². The minimum atomic E-state index is 0.403. The van der Waals surface area contributed by atoms with Gasteiger partial charge in [-0.15, -0.1) is 0 Å². The van der Waals surface area contributed by atoms with Gasteiger partial charge in [0.15, 0.2) is 0 Å². The van der Waals surface area contributed by atoms with E-state index in [-0.39, 0.29) is 0 Å². The van der Waals surface area contributed by atoms with Crippen molar-refractivity contribution >= 4 is 5.78 Å². The van der Waals surface area contributed by atoms with Crippen LogP contribution in [0.3, 0.4) is 0 Å². The third kappa shape index (κ3) is 3.38. The second-order valence-corrected chi connectivity index (χ2v) is 4.76. The standard InChI is InChI=1S/C11H20O/c1-11(2)8-5-3-4-6-10(12)7-9-11/h3-9H2,1-2H3. The zero-order chi connectivity index (χ0) is 9.03. The lowest BCUT2D eigenvalue weighted by Gasteiger charge is -2.22. The second kappa shape index (κ2) is 4.06. The molecule has 1 rings (SSSR count). The van der Waals surface area contributed by atoms with Crippen LogP contribution in [0.2, 0.25) is 0 Å². The molecule has 0 spiro atoms. The van der Waals surface area contributed by atoms with E-state index in [0.29, 0.717) is 11.2 Å². The summed E-state index contributed by atoms with van der Waals surface area (Å²) in [5.74, 6) is 0.477. The van der Waals surface area contributed by atoms with Gasteiger partial charge in [-0.2, -0.15) is 0 Å². The fourth-order valence-electron chi connectivity index (χ4n) is 1.83. The molecule has 1 aliphatic carbocycles. The van der Waals surface area contributed by atoms with E-state index < -0.39 is 0 Å². The molecule has 0 atom stereocenters. The predicted octanol–water partition coefficient (Wildman–Crippen LogP) is 3.33. The van der Waals surface area contributed by atoms with Crippen LogP contribution in [0, 0.1) is 5.41 Å². The number of carbonyl (C=O) groups is 1. The van der Waals surface area contributed by atoms with E-state index in [1.807, 2.05) is 0 Å². The fraction of sp³-hybridized carbons (Fsp3) is 0.909. The maximum Gasteiger partial charge on any atom is 0.132 e. The van der Waals surface area contributed by atoms with Crippen LogP contribution >= 0.6 is 0 Å². The Hall–Kier alpha value is -0.330. The molecular weight excluding hydrogens is 148 g/mol. The molecule has 0 saturated heterocycles. The lowest BCUT2D eigenvalue weighted by molar-refractivity contribution is -0.119. The summed E-state index contributed by atoms with van der Waals surface area (Å²) in [6.07, 6.45) is 7.69. The summed E-state index contributed by atoms with van der Waals surface area (Å²) < 4.78 is 0. The SMILES string of the molecule is CC1(C)CCCCCC(=O)CC1. The molecule has 1 saturated carbocycles. The molecule has 0 aromatic rings. The largest absolute Gasteiger partial charge is 0.300 e. The van der Waals surface area contributed by atoms with Crippen LogP contribution < -0.4 is 0 Å². The minimum Gasteiger partial charge on any atom is -0.300 e. The number of rotatable bonds is 0. The Morgan fingerprint density at radius 3 is 2.50 bits per heavy atom. The quantitative estimate of drug-likeness (QED) is 0.542. The number of Topliss-reactive ketones (excluding diaryl/α,β-unsaturated/α-hetero) is 1. The summed E-state index contributed by atoms with van der Waals surface area (Å²) >= 11 is 0. The van der Waals surface area contributed by atoms with E-state index in [2.05, 4.69) is 13.8 Å². The predicted molar refractivity (Wildman–Crippen MR) is 51.1 cm³/mol. The number of hydrogen-bond donors (Lipinski definition) is 0. The van der Waals surface area contributed by atoms with Crippen molar-refractivity contribution < 1.29 is 4.79 Å². The Bertz CT molecular complexity index is 158. The van der Waals surface area contributed by atoms with Gasteiger partial charge in [-0.3, -0.25) is 4.79 Å². The molecule has 1 nitrogen and oxygen atoms in total. The van der Waals surface area contributed by atoms with E-state index in [0.717, 1.165) is 25.7 Å². The molecule has 0 aromatic carbocycles. The summed E-state index contributed by atoms with van der Waals surface area (Å²) in [5, 5.41) is 0. The highest BCUT2D eigenvalue weighted by Crippen LogP contribution is 2.31. The van der Waals surface area contributed by atoms with Crippen molar-refractivity contribution in [3.05, 3.63) is 0 Å². The van der Waals surface area contributed by atoms with Crippen LogP contribution in [-0.2, 0) is 4.79 Å². The fourth-order valence-corrected chi connectivity index (χ4v) is 1.83. The van der Waals surface area contributed by atoms with Gasteiger partial charge in [-0.25, -0.2) is 0 Å². The topological polar surface area (TPSA) is 17.1 Å². The highest BCUT2D eigenvalue weighted by Gasteiger charge is 2.20. The average Bonchev–Trinajstić information content (AvgIpc) is 2.05. The van der Waals surface area contributed by atoms with Gasteiger partial charge >= 0.3 is 0 Å². The Morgan fingerprint density at radius 2 is 1.75 bits per heavy atom. The van der Waals surface area contributed by atoms with Crippen molar-refractivity contribution in [3.63, 3.8) is 0 Å². The molecule has 12 heavy (non-hydrogen) atoms. The highest BCUT2D eigenvalue weighted by atomic mass is 16.1. The minimum absolute atomic E-state index is 0.403. The first-order valence-electron chi connectivity index (χ1n) is 5.12. The number of carbonyl (C=O) groups excluding carboxylic acids is 1. The lowest BCUT2D eigenvalue weighted by Crippen LogP contribution is -2.12. The van der Waals surface area contributed by atoms with Crippen molar-refractivity contribution in [3.8, 4) is 0 Å². The van der Waals surface area contributed by atoms with Crippen molar-refractivity contribution in [2.75, 3.05) is 0 Å². The zero-order valence-electron chi connectivity index (χ0n) is 8.36. The van der Waals surface area contributed by atoms with E-state index in [1.165, 1.54) is 19.3 Å². The molecule has 0 unspecified atom stereocenters. The summed E-state index contributed by atoms with van der Waals surface area (Å²) in [5.41, 5.74) is 0.403. The van der Waals surface area contributed by atoms with Gasteiger partial charge in [-0.05, 0) is 24.7 Å². The van der Waals surface area contributed by atoms with Crippen molar-refractivity contribution in [2.45, 2.75) is 58.8 Å². The van der Waals surface area contributed by atoms with Crippen molar-refractivity contribution in [1.82, 2.24) is 0 Å². The first-order chi connectivity index (χ1) is 5.60. The molecule has 70 valence electrons. The molecule has 0 radical (unpaired) electrons. The first kappa shape index (κ1) is 9.76. The summed E-state index contributed by atoms with van der Waals surface area (Å²) in [6.45, 7) is 4.57. The third-order valence-corrected chi connectivity index (χ3v) is 2.89. The molecule has 0 amide bonds. The van der Waals surface area contributed by atoms with Gasteiger partial charge in [0, 0.05) is 12.8 Å². The van der Waals surface area contributed by atoms with Gasteiger partial charge in [-0.1, -0.05) is 26.7 Å². The Kier molecular flexibility index (Phi) is 3.30. The molecule has 0 N–H and O–H groups in total. The van der Waals surface area contributed by atoms with Gasteiger partial charge in [0.05, 0.1) is 0 Å². The van der Waals surface area contributed by atoms with Gasteiger partial charge in [0.1, 0.15) is 5.78 Å². The summed E-state index contributed by atoms with van der Waals surface area (Å²) in [4.78, 5) is 11.3. The molecule has 1 aliphatic rings. The zero-order valence-corrected chi connectivity index (χ0v) is 8.36. The van der Waals surface area contributed by atoms with Gasteiger partial charge in [0.2, 0.25) is 0 Å². The number of hydrogen-bond acceptors (Lipinski definition) is 1. The second-order valence-electron chi connectivity index (χ2n) is 4.76. The maximum atomic E-state index is 11.3. The molecule has 0 bridgehead atoms. The molecule has 1 heteroatoms. The van der Waals surface area contributed by atoms with Crippen LogP contribution in [0.5, 0.6) is 0 Å². The van der Waals surface area contributed by atoms with E-state index in [1.54, 1.807) is 0 Å². The van der Waals surface area contributed by atoms with Gasteiger partial charge < -0.3 is 0 Å². The Labute approximate surface area is 75.5 Å². The van der Waals surface area contributed by atoms with Crippen LogP contribution in [0.15, 0.2) is 0 Å². The molecule has 1 fully saturated rings. The summed E-state index contributed by atoms with van der Waals surface area (Å²) in [7, 11) is 0. The molecule has 0 aliphatic heterocycles. The monoisotopic (exact) mass is 168 g/mol. The van der Waals surface area contributed by atoms with Gasteiger partial charge in [0.25, 0.3) is 0 Å². The van der Waals surface area contributed by atoms with Crippen LogP contribution in [0.4, 0.5) is 0 Å². The van der Waals surface area contributed by atoms with Crippen molar-refractivity contribution in [2.24, 2.45) is 5.41 Å².